The molecule has 2 heterocycles. The molecule has 0 saturated carbocycles. The highest BCUT2D eigenvalue weighted by molar-refractivity contribution is 5.84. The first kappa shape index (κ1) is 10.9. The summed E-state index contributed by atoms with van der Waals surface area (Å²) >= 11 is 0. The van der Waals surface area contributed by atoms with Gasteiger partial charge in [0.15, 0.2) is 0 Å². The molecular weight excluding hydrogens is 192 g/mol. The van der Waals surface area contributed by atoms with Gasteiger partial charge in [0.05, 0.1) is 11.5 Å². The number of nitrogens with zero attached hydrogens (tertiary/aromatic N) is 1. The number of aliphatic hydroxyl groups excluding tert-OH is 1. The van der Waals surface area contributed by atoms with Crippen LogP contribution >= 0.6 is 0 Å². The van der Waals surface area contributed by atoms with Gasteiger partial charge >= 0.3 is 0 Å². The minimum Gasteiger partial charge on any atom is -0.389 e. The number of hydrogen-bond donors (Lipinski definition) is 2. The molecule has 0 bridgehead atoms. The van der Waals surface area contributed by atoms with E-state index in [4.69, 9.17) is 0 Å². The molecular formula is C11H20N2O2. The molecule has 1 atom stereocenters. The third kappa shape index (κ3) is 1.66. The summed E-state index contributed by atoms with van der Waals surface area (Å²) in [6.45, 7) is 6.99. The molecule has 2 fully saturated rings. The largest absolute Gasteiger partial charge is 0.389 e. The van der Waals surface area contributed by atoms with E-state index in [1.807, 2.05) is 0 Å². The van der Waals surface area contributed by atoms with Gasteiger partial charge in [0.1, 0.15) is 0 Å². The first-order valence-corrected chi connectivity index (χ1v) is 5.74. The van der Waals surface area contributed by atoms with E-state index in [0.717, 1.165) is 19.5 Å². The minimum absolute atomic E-state index is 0.222. The van der Waals surface area contributed by atoms with Crippen molar-refractivity contribution in [2.24, 2.45) is 11.3 Å². The molecule has 15 heavy (non-hydrogen) atoms. The van der Waals surface area contributed by atoms with Crippen molar-refractivity contribution in [1.29, 1.82) is 0 Å². The highest BCUT2D eigenvalue weighted by Crippen LogP contribution is 2.37. The lowest BCUT2D eigenvalue weighted by Crippen LogP contribution is -2.59. The van der Waals surface area contributed by atoms with E-state index in [1.165, 1.54) is 0 Å². The van der Waals surface area contributed by atoms with Crippen molar-refractivity contribution < 1.29 is 9.90 Å². The molecule has 2 aliphatic heterocycles. The van der Waals surface area contributed by atoms with Crippen LogP contribution in [-0.2, 0) is 4.79 Å². The standard InChI is InChI=1S/C11H20N2O2/c1-8(2)11(3-4-12-7-11)10(15)13-5-9(14)6-13/h8-9,12,14H,3-7H2,1-2H3. The zero-order valence-corrected chi connectivity index (χ0v) is 9.49. The predicted octanol–water partition coefficient (Wildman–Crippen LogP) is -0.175. The smallest absolute Gasteiger partial charge is 0.230 e. The number of carbonyl (C=O) groups excluding carboxylic acids is 1. The number of likely N-dealkylation sites (tertiary alicyclic amines) is 1. The Morgan fingerprint density at radius 2 is 2.20 bits per heavy atom. The number of carbonyl (C=O) groups is 1. The number of β-amino-alcohol motifs (C(OH)–C–C–N with tert-alkyl or cyclic N) is 1. The number of aliphatic hydroxyl groups is 1. The number of nitrogens with one attached hydrogen (secondary N) is 1. The van der Waals surface area contributed by atoms with Crippen LogP contribution in [0.3, 0.4) is 0 Å². The molecule has 4 nitrogen and oxygen atoms in total. The van der Waals surface area contributed by atoms with Crippen LogP contribution in [-0.4, -0.2) is 48.2 Å². The molecule has 2 saturated heterocycles. The lowest BCUT2D eigenvalue weighted by Gasteiger charge is -2.43. The molecule has 1 amide bonds. The van der Waals surface area contributed by atoms with E-state index in [-0.39, 0.29) is 17.4 Å². The molecule has 0 radical (unpaired) electrons. The van der Waals surface area contributed by atoms with Gasteiger partial charge in [-0.15, -0.1) is 0 Å². The fraction of sp³-hybridized carbons (Fsp3) is 0.909. The summed E-state index contributed by atoms with van der Waals surface area (Å²) in [5.41, 5.74) is -0.222. The molecule has 4 heteroatoms. The highest BCUT2D eigenvalue weighted by Gasteiger charge is 2.48. The maximum Gasteiger partial charge on any atom is 0.230 e. The summed E-state index contributed by atoms with van der Waals surface area (Å²) < 4.78 is 0. The fourth-order valence-electron chi connectivity index (χ4n) is 2.57. The Labute approximate surface area is 90.6 Å². The molecule has 0 aliphatic carbocycles. The summed E-state index contributed by atoms with van der Waals surface area (Å²) in [5.74, 6) is 0.588. The lowest BCUT2D eigenvalue weighted by atomic mass is 9.74. The monoisotopic (exact) mass is 212 g/mol. The van der Waals surface area contributed by atoms with Gasteiger partial charge in [0.25, 0.3) is 0 Å². The Balaban J connectivity index is 2.08. The van der Waals surface area contributed by atoms with Gasteiger partial charge < -0.3 is 15.3 Å². The van der Waals surface area contributed by atoms with Crippen molar-refractivity contribution in [3.63, 3.8) is 0 Å². The number of hydrogen-bond acceptors (Lipinski definition) is 3. The molecule has 0 spiro atoms. The van der Waals surface area contributed by atoms with E-state index < -0.39 is 0 Å². The highest BCUT2D eigenvalue weighted by atomic mass is 16.3. The Kier molecular flexibility index (Phi) is 2.73. The van der Waals surface area contributed by atoms with Crippen LogP contribution in [0, 0.1) is 11.3 Å². The topological polar surface area (TPSA) is 52.6 Å². The van der Waals surface area contributed by atoms with Crippen molar-refractivity contribution in [3.05, 3.63) is 0 Å². The van der Waals surface area contributed by atoms with Gasteiger partial charge in [0.2, 0.25) is 5.91 Å². The third-order valence-electron chi connectivity index (χ3n) is 3.87. The Morgan fingerprint density at radius 3 is 2.60 bits per heavy atom. The maximum atomic E-state index is 12.3. The van der Waals surface area contributed by atoms with Crippen LogP contribution in [0.15, 0.2) is 0 Å². The molecule has 1 unspecified atom stereocenters. The van der Waals surface area contributed by atoms with E-state index >= 15 is 0 Å². The molecule has 2 aliphatic rings. The summed E-state index contributed by atoms with van der Waals surface area (Å²) in [6, 6.07) is 0. The average Bonchev–Trinajstić information content (AvgIpc) is 2.61. The van der Waals surface area contributed by atoms with Crippen LogP contribution in [0.5, 0.6) is 0 Å². The first-order chi connectivity index (χ1) is 7.06. The molecule has 86 valence electrons. The zero-order chi connectivity index (χ0) is 11.1. The van der Waals surface area contributed by atoms with Gasteiger partial charge in [-0.05, 0) is 18.9 Å². The van der Waals surface area contributed by atoms with Crippen molar-refractivity contribution in [2.75, 3.05) is 26.2 Å². The SMILES string of the molecule is CC(C)C1(C(=O)N2CC(O)C2)CCNC1. The predicted molar refractivity (Wildman–Crippen MR) is 57.3 cm³/mol. The second-order valence-corrected chi connectivity index (χ2v) is 5.10. The third-order valence-corrected chi connectivity index (χ3v) is 3.87. The van der Waals surface area contributed by atoms with Crippen LogP contribution in [0.2, 0.25) is 0 Å². The maximum absolute atomic E-state index is 12.3. The average molecular weight is 212 g/mol. The fourth-order valence-corrected chi connectivity index (χ4v) is 2.57. The number of amides is 1. The quantitative estimate of drug-likeness (QED) is 0.668. The van der Waals surface area contributed by atoms with Crippen LogP contribution < -0.4 is 5.32 Å². The summed E-state index contributed by atoms with van der Waals surface area (Å²) in [7, 11) is 0. The zero-order valence-electron chi connectivity index (χ0n) is 9.49. The van der Waals surface area contributed by atoms with Gasteiger partial charge in [-0.2, -0.15) is 0 Å². The Bertz CT molecular complexity index is 253. The van der Waals surface area contributed by atoms with E-state index in [2.05, 4.69) is 19.2 Å². The lowest BCUT2D eigenvalue weighted by molar-refractivity contribution is -0.154. The number of rotatable bonds is 2. The normalized spacial score (nSPS) is 32.1. The summed E-state index contributed by atoms with van der Waals surface area (Å²) in [5, 5.41) is 12.5. The van der Waals surface area contributed by atoms with Crippen LogP contribution in [0.25, 0.3) is 0 Å². The van der Waals surface area contributed by atoms with E-state index in [1.54, 1.807) is 4.90 Å². The molecule has 2 N–H and O–H groups in total. The van der Waals surface area contributed by atoms with Gasteiger partial charge in [-0.1, -0.05) is 13.8 Å². The second-order valence-electron chi connectivity index (χ2n) is 5.10. The van der Waals surface area contributed by atoms with E-state index in [0.29, 0.717) is 19.0 Å². The van der Waals surface area contributed by atoms with Crippen molar-refractivity contribution in [2.45, 2.75) is 26.4 Å². The van der Waals surface area contributed by atoms with Gasteiger partial charge in [-0.25, -0.2) is 0 Å². The van der Waals surface area contributed by atoms with Crippen molar-refractivity contribution in [3.8, 4) is 0 Å². The first-order valence-electron chi connectivity index (χ1n) is 5.74. The van der Waals surface area contributed by atoms with Gasteiger partial charge in [0, 0.05) is 19.6 Å². The molecule has 0 aromatic rings. The summed E-state index contributed by atoms with van der Waals surface area (Å²) in [6.07, 6.45) is 0.628. The minimum atomic E-state index is -0.299. The molecule has 0 aromatic carbocycles. The van der Waals surface area contributed by atoms with Crippen molar-refractivity contribution >= 4 is 5.91 Å². The van der Waals surface area contributed by atoms with Crippen LogP contribution in [0.4, 0.5) is 0 Å². The van der Waals surface area contributed by atoms with E-state index in [9.17, 15) is 9.90 Å². The molecule has 2 rings (SSSR count). The van der Waals surface area contributed by atoms with Gasteiger partial charge in [-0.3, -0.25) is 4.79 Å². The molecule has 0 aromatic heterocycles. The van der Waals surface area contributed by atoms with Crippen molar-refractivity contribution in [1.82, 2.24) is 10.2 Å². The van der Waals surface area contributed by atoms with Crippen LogP contribution in [0.1, 0.15) is 20.3 Å². The Morgan fingerprint density at radius 1 is 1.53 bits per heavy atom. The summed E-state index contributed by atoms with van der Waals surface area (Å²) in [4.78, 5) is 14.1. The Hall–Kier alpha value is -0.610. The second kappa shape index (κ2) is 3.76.